The molecule has 19 heavy (non-hydrogen) atoms. The normalized spacial score (nSPS) is 36.2. The van der Waals surface area contributed by atoms with E-state index in [0.717, 1.165) is 18.1 Å². The lowest BCUT2D eigenvalue weighted by molar-refractivity contribution is 0.115. The minimum Gasteiger partial charge on any atom is -0.317 e. The number of nitrogens with zero attached hydrogens (tertiary/aromatic N) is 1. The molecule has 0 spiro atoms. The minimum atomic E-state index is 0.583. The molecule has 2 saturated carbocycles. The highest BCUT2D eigenvalue weighted by molar-refractivity contribution is 4.86. The Bertz CT molecular complexity index is 266. The zero-order valence-electron chi connectivity index (χ0n) is 13.5. The molecule has 0 radical (unpaired) electrons. The molecule has 0 bridgehead atoms. The Labute approximate surface area is 120 Å². The van der Waals surface area contributed by atoms with Crippen LogP contribution in [-0.2, 0) is 0 Å². The van der Waals surface area contributed by atoms with Gasteiger partial charge in [0.1, 0.15) is 0 Å². The molecule has 1 N–H and O–H groups in total. The van der Waals surface area contributed by atoms with Crippen molar-refractivity contribution in [1.29, 1.82) is 0 Å². The summed E-state index contributed by atoms with van der Waals surface area (Å²) in [5.74, 6) is 0. The van der Waals surface area contributed by atoms with Crippen LogP contribution in [0.25, 0.3) is 0 Å². The molecule has 112 valence electrons. The van der Waals surface area contributed by atoms with Crippen LogP contribution in [0.3, 0.4) is 0 Å². The van der Waals surface area contributed by atoms with Crippen molar-refractivity contribution in [3.05, 3.63) is 0 Å². The van der Waals surface area contributed by atoms with Crippen LogP contribution in [0, 0.1) is 5.41 Å². The van der Waals surface area contributed by atoms with Gasteiger partial charge in [-0.25, -0.2) is 0 Å². The zero-order chi connectivity index (χ0) is 13.9. The Kier molecular flexibility index (Phi) is 5.30. The molecular weight excluding hydrogens is 232 g/mol. The van der Waals surface area contributed by atoms with Crippen LogP contribution in [-0.4, -0.2) is 37.1 Å². The monoisotopic (exact) mass is 266 g/mol. The Morgan fingerprint density at radius 2 is 1.53 bits per heavy atom. The van der Waals surface area contributed by atoms with E-state index in [-0.39, 0.29) is 0 Å². The standard InChI is InChI=1S/C17H34N2/c1-17(2)12-5-6-15(11-13-17)19(4)16-9-7-14(18-3)8-10-16/h14-16,18H,5-13H2,1-4H3. The number of hydrogen-bond acceptors (Lipinski definition) is 2. The van der Waals surface area contributed by atoms with Gasteiger partial charge in [-0.2, -0.15) is 0 Å². The van der Waals surface area contributed by atoms with Crippen molar-refractivity contribution >= 4 is 0 Å². The smallest absolute Gasteiger partial charge is 0.00963 e. The molecule has 0 aromatic rings. The molecular formula is C17H34N2. The Balaban J connectivity index is 1.84. The first-order valence-electron chi connectivity index (χ1n) is 8.41. The predicted octanol–water partition coefficient (Wildman–Crippen LogP) is 3.81. The fourth-order valence-corrected chi connectivity index (χ4v) is 4.12. The summed E-state index contributed by atoms with van der Waals surface area (Å²) in [4.78, 5) is 2.74. The summed E-state index contributed by atoms with van der Waals surface area (Å²) in [5.41, 5.74) is 0.583. The van der Waals surface area contributed by atoms with Crippen molar-refractivity contribution in [2.75, 3.05) is 14.1 Å². The summed E-state index contributed by atoms with van der Waals surface area (Å²) in [6.07, 6.45) is 12.6. The molecule has 2 rings (SSSR count). The van der Waals surface area contributed by atoms with Crippen molar-refractivity contribution < 1.29 is 0 Å². The number of hydrogen-bond donors (Lipinski definition) is 1. The second-order valence-electron chi connectivity index (χ2n) is 7.71. The maximum absolute atomic E-state index is 3.45. The summed E-state index contributed by atoms with van der Waals surface area (Å²) in [5, 5.41) is 3.45. The SMILES string of the molecule is CNC1CCC(N(C)C2CCCC(C)(C)CC2)CC1. The average molecular weight is 266 g/mol. The van der Waals surface area contributed by atoms with Gasteiger partial charge in [0.05, 0.1) is 0 Å². The molecule has 1 atom stereocenters. The van der Waals surface area contributed by atoms with Crippen LogP contribution in [0.5, 0.6) is 0 Å². The number of rotatable bonds is 3. The third-order valence-corrected chi connectivity index (χ3v) is 5.80. The fourth-order valence-electron chi connectivity index (χ4n) is 4.12. The van der Waals surface area contributed by atoms with E-state index in [0.29, 0.717) is 5.41 Å². The highest BCUT2D eigenvalue weighted by Crippen LogP contribution is 2.36. The maximum atomic E-state index is 3.45. The van der Waals surface area contributed by atoms with Gasteiger partial charge in [0.2, 0.25) is 0 Å². The summed E-state index contributed by atoms with van der Waals surface area (Å²) in [6, 6.07) is 2.46. The highest BCUT2D eigenvalue weighted by atomic mass is 15.2. The molecule has 0 aromatic heterocycles. The molecule has 0 saturated heterocycles. The van der Waals surface area contributed by atoms with E-state index in [9.17, 15) is 0 Å². The zero-order valence-corrected chi connectivity index (χ0v) is 13.5. The van der Waals surface area contributed by atoms with Crippen LogP contribution in [0.15, 0.2) is 0 Å². The summed E-state index contributed by atoms with van der Waals surface area (Å²) < 4.78 is 0. The van der Waals surface area contributed by atoms with Crippen LogP contribution in [0.1, 0.15) is 71.6 Å². The molecule has 0 aliphatic heterocycles. The second kappa shape index (κ2) is 6.58. The van der Waals surface area contributed by atoms with Gasteiger partial charge in [0.25, 0.3) is 0 Å². The molecule has 2 aliphatic carbocycles. The molecule has 0 aromatic carbocycles. The van der Waals surface area contributed by atoms with E-state index in [1.165, 1.54) is 57.8 Å². The number of nitrogens with one attached hydrogen (secondary N) is 1. The molecule has 2 aliphatic rings. The first-order valence-corrected chi connectivity index (χ1v) is 8.41. The molecule has 2 fully saturated rings. The van der Waals surface area contributed by atoms with E-state index < -0.39 is 0 Å². The van der Waals surface area contributed by atoms with E-state index in [2.05, 4.69) is 38.2 Å². The van der Waals surface area contributed by atoms with Crippen molar-refractivity contribution in [1.82, 2.24) is 10.2 Å². The van der Waals surface area contributed by atoms with E-state index in [1.807, 2.05) is 0 Å². The maximum Gasteiger partial charge on any atom is 0.00963 e. The lowest BCUT2D eigenvalue weighted by atomic mass is 9.85. The summed E-state index contributed by atoms with van der Waals surface area (Å²) >= 11 is 0. The van der Waals surface area contributed by atoms with Gasteiger partial charge < -0.3 is 10.2 Å². The minimum absolute atomic E-state index is 0.583. The van der Waals surface area contributed by atoms with Crippen molar-refractivity contribution in [3.63, 3.8) is 0 Å². The average Bonchev–Trinajstić information content (AvgIpc) is 2.59. The van der Waals surface area contributed by atoms with Gasteiger partial charge in [-0.15, -0.1) is 0 Å². The first-order chi connectivity index (χ1) is 9.02. The van der Waals surface area contributed by atoms with Crippen LogP contribution < -0.4 is 5.32 Å². The first kappa shape index (κ1) is 15.3. The van der Waals surface area contributed by atoms with Gasteiger partial charge in [-0.05, 0) is 70.9 Å². The van der Waals surface area contributed by atoms with E-state index in [1.54, 1.807) is 0 Å². The predicted molar refractivity (Wildman–Crippen MR) is 83.5 cm³/mol. The molecule has 1 unspecified atom stereocenters. The van der Waals surface area contributed by atoms with Crippen LogP contribution in [0.2, 0.25) is 0 Å². The second-order valence-corrected chi connectivity index (χ2v) is 7.71. The van der Waals surface area contributed by atoms with E-state index >= 15 is 0 Å². The van der Waals surface area contributed by atoms with Gasteiger partial charge in [0, 0.05) is 18.1 Å². The van der Waals surface area contributed by atoms with Crippen LogP contribution >= 0.6 is 0 Å². The van der Waals surface area contributed by atoms with Crippen molar-refractivity contribution in [2.24, 2.45) is 5.41 Å². The lowest BCUT2D eigenvalue weighted by Crippen LogP contribution is -2.44. The lowest BCUT2D eigenvalue weighted by Gasteiger charge is -2.39. The Morgan fingerprint density at radius 3 is 2.16 bits per heavy atom. The van der Waals surface area contributed by atoms with Crippen molar-refractivity contribution in [2.45, 2.75) is 89.8 Å². The molecule has 2 nitrogen and oxygen atoms in total. The largest absolute Gasteiger partial charge is 0.317 e. The highest BCUT2D eigenvalue weighted by Gasteiger charge is 2.30. The third-order valence-electron chi connectivity index (χ3n) is 5.80. The van der Waals surface area contributed by atoms with Crippen molar-refractivity contribution in [3.8, 4) is 0 Å². The quantitative estimate of drug-likeness (QED) is 0.782. The third kappa shape index (κ3) is 4.19. The summed E-state index contributed by atoms with van der Waals surface area (Å²) in [7, 11) is 4.51. The van der Waals surface area contributed by atoms with Gasteiger partial charge >= 0.3 is 0 Å². The van der Waals surface area contributed by atoms with Gasteiger partial charge in [-0.1, -0.05) is 20.3 Å². The summed E-state index contributed by atoms with van der Waals surface area (Å²) in [6.45, 7) is 4.90. The van der Waals surface area contributed by atoms with Gasteiger partial charge in [0.15, 0.2) is 0 Å². The Morgan fingerprint density at radius 1 is 0.895 bits per heavy atom. The molecule has 0 heterocycles. The topological polar surface area (TPSA) is 15.3 Å². The van der Waals surface area contributed by atoms with E-state index in [4.69, 9.17) is 0 Å². The fraction of sp³-hybridized carbons (Fsp3) is 1.00. The Hall–Kier alpha value is -0.0800. The van der Waals surface area contributed by atoms with Crippen LogP contribution in [0.4, 0.5) is 0 Å². The molecule has 2 heteroatoms. The molecule has 0 amide bonds. The van der Waals surface area contributed by atoms with Gasteiger partial charge in [-0.3, -0.25) is 0 Å².